The molecule has 0 amide bonds. The van der Waals surface area contributed by atoms with Gasteiger partial charge in [0.25, 0.3) is 0 Å². The summed E-state index contributed by atoms with van der Waals surface area (Å²) in [7, 11) is 0. The number of rotatable bonds is 40. The Morgan fingerprint density at radius 2 is 1.11 bits per heavy atom. The van der Waals surface area contributed by atoms with Crippen LogP contribution in [0, 0.1) is 0 Å². The SMILES string of the molecule is CCCCCCCCCCCCCCCC(=O)OCC(COC(=O)CCC(=O)OOC[C@@H]1C[C@@H](O)[C@H](n2cnc3c(N)ncnc32)O1)OC(=O)CCCCCCCCCCCCCCC. The van der Waals surface area contributed by atoms with Gasteiger partial charge in [0.15, 0.2) is 23.8 Å². The lowest BCUT2D eigenvalue weighted by molar-refractivity contribution is -0.283. The molecule has 3 N–H and O–H groups in total. The van der Waals surface area contributed by atoms with E-state index in [1.807, 2.05) is 0 Å². The molecule has 1 aliphatic rings. The molecule has 1 unspecified atom stereocenters. The number of imidazole rings is 1. The lowest BCUT2D eigenvalue weighted by atomic mass is 10.0. The molecular formula is C49H83N5O11. The van der Waals surface area contributed by atoms with Gasteiger partial charge in [-0.1, -0.05) is 168 Å². The molecule has 3 heterocycles. The zero-order chi connectivity index (χ0) is 46.7. The molecule has 1 fully saturated rings. The molecule has 16 heteroatoms. The smallest absolute Gasteiger partial charge is 0.342 e. The molecule has 2 aromatic rings. The Labute approximate surface area is 388 Å². The highest BCUT2D eigenvalue weighted by atomic mass is 17.2. The van der Waals surface area contributed by atoms with Crippen LogP contribution in [0.2, 0.25) is 0 Å². The largest absolute Gasteiger partial charge is 0.462 e. The topological polar surface area (TPSA) is 214 Å². The van der Waals surface area contributed by atoms with Gasteiger partial charge in [-0.2, -0.15) is 4.89 Å². The van der Waals surface area contributed by atoms with Crippen molar-refractivity contribution in [2.45, 2.75) is 237 Å². The molecule has 370 valence electrons. The molecule has 0 saturated carbocycles. The van der Waals surface area contributed by atoms with Crippen LogP contribution < -0.4 is 5.73 Å². The van der Waals surface area contributed by atoms with Gasteiger partial charge in [-0.3, -0.25) is 23.8 Å². The van der Waals surface area contributed by atoms with Crippen LogP contribution in [-0.2, 0) is 47.9 Å². The maximum atomic E-state index is 12.8. The van der Waals surface area contributed by atoms with E-state index in [1.165, 1.54) is 128 Å². The fraction of sp³-hybridized carbons (Fsp3) is 0.816. The number of unbranched alkanes of at least 4 members (excludes halogenated alkanes) is 24. The number of nitrogen functional groups attached to an aromatic ring is 1. The van der Waals surface area contributed by atoms with Crippen molar-refractivity contribution in [3.8, 4) is 0 Å². The van der Waals surface area contributed by atoms with Crippen LogP contribution in [-0.4, -0.2) is 86.6 Å². The third-order valence-corrected chi connectivity index (χ3v) is 11.9. The number of nitrogens with two attached hydrogens (primary N) is 1. The average molecular weight is 918 g/mol. The molecule has 0 aromatic carbocycles. The molecule has 0 spiro atoms. The van der Waals surface area contributed by atoms with E-state index < -0.39 is 42.4 Å². The van der Waals surface area contributed by atoms with E-state index in [1.54, 1.807) is 4.57 Å². The Hall–Kier alpha value is -3.89. The predicted molar refractivity (Wildman–Crippen MR) is 248 cm³/mol. The van der Waals surface area contributed by atoms with Crippen molar-refractivity contribution in [2.75, 3.05) is 25.6 Å². The van der Waals surface area contributed by atoms with E-state index in [0.29, 0.717) is 17.6 Å². The number of ether oxygens (including phenoxy) is 4. The molecule has 1 saturated heterocycles. The molecule has 2 aromatic heterocycles. The zero-order valence-electron chi connectivity index (χ0n) is 39.9. The normalized spacial score (nSPS) is 16.4. The second-order valence-electron chi connectivity index (χ2n) is 17.7. The predicted octanol–water partition coefficient (Wildman–Crippen LogP) is 10.3. The average Bonchev–Trinajstić information content (AvgIpc) is 3.90. The number of nitrogens with zero attached hydrogens (tertiary/aromatic N) is 4. The van der Waals surface area contributed by atoms with Gasteiger partial charge in [-0.25, -0.2) is 19.7 Å². The molecule has 65 heavy (non-hydrogen) atoms. The number of hydrogen-bond acceptors (Lipinski definition) is 15. The first-order valence-electron chi connectivity index (χ1n) is 25.3. The van der Waals surface area contributed by atoms with E-state index in [2.05, 4.69) is 28.8 Å². The van der Waals surface area contributed by atoms with Crippen molar-refractivity contribution in [2.24, 2.45) is 0 Å². The van der Waals surface area contributed by atoms with E-state index >= 15 is 0 Å². The lowest BCUT2D eigenvalue weighted by Crippen LogP contribution is -2.31. The molecular weight excluding hydrogens is 835 g/mol. The minimum absolute atomic E-state index is 0.169. The molecule has 3 rings (SSSR count). The standard InChI is InChI=1S/C49H83N5O11/c1-3-5-7-9-11-13-15-17-19-21-23-25-27-29-42(56)60-34-40(63-44(58)30-28-26-24-22-20-18-16-14-12-10-8-6-4-2)35-61-43(57)31-32-45(59)65-62-36-39-33-41(55)49(64-39)54-38-53-46-47(50)51-37-52-48(46)54/h37-41,49,55H,3-36H2,1-2H3,(H2,50,51,52)/t39-,40?,41+,49+/m0/s1. The fourth-order valence-electron chi connectivity index (χ4n) is 8.02. The number of aliphatic hydroxyl groups excluding tert-OH is 1. The second kappa shape index (κ2) is 35.3. The van der Waals surface area contributed by atoms with E-state index in [4.69, 9.17) is 34.5 Å². The number of esters is 3. The number of anilines is 1. The monoisotopic (exact) mass is 918 g/mol. The highest BCUT2D eigenvalue weighted by Crippen LogP contribution is 2.31. The molecule has 0 radical (unpaired) electrons. The summed E-state index contributed by atoms with van der Waals surface area (Å²) >= 11 is 0. The minimum atomic E-state index is -0.977. The lowest BCUT2D eigenvalue weighted by Gasteiger charge is -2.18. The van der Waals surface area contributed by atoms with Gasteiger partial charge in [-0.15, -0.1) is 0 Å². The van der Waals surface area contributed by atoms with Crippen molar-refractivity contribution in [1.29, 1.82) is 0 Å². The van der Waals surface area contributed by atoms with Crippen LogP contribution in [0.5, 0.6) is 0 Å². The van der Waals surface area contributed by atoms with Crippen LogP contribution >= 0.6 is 0 Å². The Morgan fingerprint density at radius 1 is 0.646 bits per heavy atom. The molecule has 1 aliphatic heterocycles. The maximum Gasteiger partial charge on any atom is 0.342 e. The van der Waals surface area contributed by atoms with E-state index in [0.717, 1.165) is 44.9 Å². The third kappa shape index (κ3) is 25.0. The Kier molecular flexibility index (Phi) is 30.1. The Bertz CT molecular complexity index is 1590. The summed E-state index contributed by atoms with van der Waals surface area (Å²) in [6.07, 6.45) is 30.6. The number of hydrogen-bond donors (Lipinski definition) is 2. The van der Waals surface area contributed by atoms with E-state index in [9.17, 15) is 24.3 Å². The van der Waals surface area contributed by atoms with Crippen molar-refractivity contribution < 1.29 is 53.0 Å². The number of aromatic nitrogens is 4. The highest BCUT2D eigenvalue weighted by molar-refractivity contribution is 5.81. The summed E-state index contributed by atoms with van der Waals surface area (Å²) in [5.74, 6) is -2.16. The Morgan fingerprint density at radius 3 is 1.63 bits per heavy atom. The molecule has 0 bridgehead atoms. The first-order chi connectivity index (χ1) is 31.7. The van der Waals surface area contributed by atoms with Crippen LogP contribution in [0.1, 0.15) is 219 Å². The second-order valence-corrected chi connectivity index (χ2v) is 17.7. The van der Waals surface area contributed by atoms with Gasteiger partial charge in [0.05, 0.1) is 25.3 Å². The van der Waals surface area contributed by atoms with Crippen molar-refractivity contribution in [1.82, 2.24) is 19.5 Å². The number of carbonyl (C=O) groups excluding carboxylic acids is 4. The summed E-state index contributed by atoms with van der Waals surface area (Å²) in [4.78, 5) is 72.6. The molecule has 4 atom stereocenters. The van der Waals surface area contributed by atoms with Crippen LogP contribution in [0.4, 0.5) is 5.82 Å². The highest BCUT2D eigenvalue weighted by Gasteiger charge is 2.37. The number of carbonyl (C=O) groups is 4. The van der Waals surface area contributed by atoms with Crippen LogP contribution in [0.25, 0.3) is 11.2 Å². The third-order valence-electron chi connectivity index (χ3n) is 11.9. The Balaban J connectivity index is 1.31. The molecule has 0 aliphatic carbocycles. The molecule has 16 nitrogen and oxygen atoms in total. The van der Waals surface area contributed by atoms with Gasteiger partial charge < -0.3 is 29.8 Å². The van der Waals surface area contributed by atoms with Gasteiger partial charge in [0, 0.05) is 19.3 Å². The first-order valence-corrected chi connectivity index (χ1v) is 25.3. The van der Waals surface area contributed by atoms with Crippen molar-refractivity contribution in [3.05, 3.63) is 12.7 Å². The quantitative estimate of drug-likeness (QED) is 0.0209. The minimum Gasteiger partial charge on any atom is -0.462 e. The number of aliphatic hydroxyl groups is 1. The maximum absolute atomic E-state index is 12.8. The van der Waals surface area contributed by atoms with Gasteiger partial charge in [-0.05, 0) is 12.8 Å². The van der Waals surface area contributed by atoms with Gasteiger partial charge >= 0.3 is 23.9 Å². The van der Waals surface area contributed by atoms with Crippen molar-refractivity contribution in [3.63, 3.8) is 0 Å². The van der Waals surface area contributed by atoms with Crippen LogP contribution in [0.3, 0.4) is 0 Å². The van der Waals surface area contributed by atoms with E-state index in [-0.39, 0.29) is 63.7 Å². The van der Waals surface area contributed by atoms with Crippen LogP contribution in [0.15, 0.2) is 12.7 Å². The zero-order valence-corrected chi connectivity index (χ0v) is 39.9. The van der Waals surface area contributed by atoms with Gasteiger partial charge in [0.2, 0.25) is 0 Å². The summed E-state index contributed by atoms with van der Waals surface area (Å²) in [5.41, 5.74) is 6.65. The summed E-state index contributed by atoms with van der Waals surface area (Å²) in [5, 5.41) is 10.6. The van der Waals surface area contributed by atoms with Gasteiger partial charge in [0.1, 0.15) is 37.8 Å². The number of fused-ring (bicyclic) bond motifs is 1. The summed E-state index contributed by atoms with van der Waals surface area (Å²) < 4.78 is 23.9. The first kappa shape index (κ1) is 55.4. The summed E-state index contributed by atoms with van der Waals surface area (Å²) in [6, 6.07) is 0. The van der Waals surface area contributed by atoms with Crippen molar-refractivity contribution >= 4 is 40.9 Å². The fourth-order valence-corrected chi connectivity index (χ4v) is 8.02. The summed E-state index contributed by atoms with van der Waals surface area (Å²) in [6.45, 7) is 3.76.